The Labute approximate surface area is 109 Å². The molecule has 94 valence electrons. The first-order valence-corrected chi connectivity index (χ1v) is 6.69. The molecule has 0 aliphatic carbocycles. The number of nitrogens with one attached hydrogen (secondary N) is 1. The lowest BCUT2D eigenvalue weighted by Gasteiger charge is -2.32. The largest absolute Gasteiger partial charge is 0.308 e. The number of aryl methyl sites for hydroxylation is 1. The molecule has 1 atom stereocenters. The summed E-state index contributed by atoms with van der Waals surface area (Å²) in [5, 5.41) is 2.94. The lowest BCUT2D eigenvalue weighted by Crippen LogP contribution is -2.46. The maximum atomic E-state index is 14.4. The van der Waals surface area contributed by atoms with Crippen LogP contribution < -0.4 is 5.32 Å². The van der Waals surface area contributed by atoms with Crippen LogP contribution in [0.15, 0.2) is 22.7 Å². The summed E-state index contributed by atoms with van der Waals surface area (Å²) in [6, 6.07) is 4.33. The second-order valence-electron chi connectivity index (χ2n) is 4.58. The van der Waals surface area contributed by atoms with Crippen molar-refractivity contribution in [3.63, 3.8) is 0 Å². The molecular weight excluding hydrogens is 288 g/mol. The van der Waals surface area contributed by atoms with Crippen LogP contribution in [0.1, 0.15) is 30.4 Å². The molecule has 1 aromatic carbocycles. The molecule has 1 nitrogen and oxygen atoms in total. The zero-order valence-electron chi connectivity index (χ0n) is 9.77. The van der Waals surface area contributed by atoms with Crippen molar-refractivity contribution >= 4 is 15.9 Å². The van der Waals surface area contributed by atoms with Gasteiger partial charge in [0.1, 0.15) is 0 Å². The van der Waals surface area contributed by atoms with Gasteiger partial charge >= 0.3 is 0 Å². The fourth-order valence-corrected chi connectivity index (χ4v) is 2.66. The second-order valence-corrected chi connectivity index (χ2v) is 5.50. The molecule has 17 heavy (non-hydrogen) atoms. The van der Waals surface area contributed by atoms with Gasteiger partial charge in [0.05, 0.1) is 6.04 Å². The molecule has 0 bridgehead atoms. The van der Waals surface area contributed by atoms with Gasteiger partial charge in [-0.3, -0.25) is 0 Å². The van der Waals surface area contributed by atoms with Crippen LogP contribution in [0.4, 0.5) is 8.78 Å². The van der Waals surface area contributed by atoms with Gasteiger partial charge in [-0.05, 0) is 44.0 Å². The highest BCUT2D eigenvalue weighted by molar-refractivity contribution is 9.10. The predicted octanol–water partition coefficient (Wildman–Crippen LogP) is 3.99. The third-order valence-electron chi connectivity index (χ3n) is 3.31. The molecule has 2 rings (SSSR count). The van der Waals surface area contributed by atoms with Crippen LogP contribution in [-0.2, 0) is 5.92 Å². The van der Waals surface area contributed by atoms with Crippen LogP contribution in [0.25, 0.3) is 0 Å². The number of alkyl halides is 2. The Morgan fingerprint density at radius 1 is 1.35 bits per heavy atom. The monoisotopic (exact) mass is 303 g/mol. The van der Waals surface area contributed by atoms with Gasteiger partial charge in [0, 0.05) is 10.0 Å². The van der Waals surface area contributed by atoms with Crippen LogP contribution in [-0.4, -0.2) is 12.6 Å². The Hall–Kier alpha value is -0.480. The Balaban J connectivity index is 2.32. The summed E-state index contributed by atoms with van der Waals surface area (Å²) < 4.78 is 29.5. The quantitative estimate of drug-likeness (QED) is 0.871. The molecule has 1 saturated heterocycles. The van der Waals surface area contributed by atoms with E-state index in [1.807, 2.05) is 0 Å². The number of hydrogen-bond donors (Lipinski definition) is 1. The first-order chi connectivity index (χ1) is 8.01. The topological polar surface area (TPSA) is 12.0 Å². The summed E-state index contributed by atoms with van der Waals surface area (Å²) in [4.78, 5) is 0. The smallest absolute Gasteiger partial charge is 0.288 e. The summed E-state index contributed by atoms with van der Waals surface area (Å²) in [7, 11) is 0. The first-order valence-electron chi connectivity index (χ1n) is 5.89. The number of hydrogen-bond acceptors (Lipinski definition) is 1. The van der Waals surface area contributed by atoms with E-state index in [9.17, 15) is 8.78 Å². The van der Waals surface area contributed by atoms with Gasteiger partial charge < -0.3 is 5.32 Å². The molecule has 1 N–H and O–H groups in total. The minimum atomic E-state index is -2.80. The van der Waals surface area contributed by atoms with Crippen LogP contribution >= 0.6 is 15.9 Å². The van der Waals surface area contributed by atoms with Crippen molar-refractivity contribution in [3.8, 4) is 0 Å². The molecule has 0 radical (unpaired) electrons. The minimum Gasteiger partial charge on any atom is -0.308 e. The molecule has 1 unspecified atom stereocenters. The fraction of sp³-hybridized carbons (Fsp3) is 0.538. The van der Waals surface area contributed by atoms with E-state index >= 15 is 0 Å². The summed E-state index contributed by atoms with van der Waals surface area (Å²) >= 11 is 3.26. The van der Waals surface area contributed by atoms with Crippen molar-refractivity contribution in [2.45, 2.75) is 38.2 Å². The van der Waals surface area contributed by atoms with E-state index in [-0.39, 0.29) is 5.56 Å². The molecule has 1 aromatic rings. The third-order valence-corrected chi connectivity index (χ3v) is 3.80. The fourth-order valence-electron chi connectivity index (χ4n) is 2.30. The van der Waals surface area contributed by atoms with Gasteiger partial charge in [0.2, 0.25) is 0 Å². The molecule has 0 amide bonds. The average molecular weight is 304 g/mol. The number of piperidine rings is 1. The first kappa shape index (κ1) is 13.0. The van der Waals surface area contributed by atoms with Crippen molar-refractivity contribution in [1.29, 1.82) is 0 Å². The zero-order chi connectivity index (χ0) is 12.5. The van der Waals surface area contributed by atoms with Crippen LogP contribution in [0.2, 0.25) is 0 Å². The van der Waals surface area contributed by atoms with E-state index in [0.717, 1.165) is 12.8 Å². The van der Waals surface area contributed by atoms with Gasteiger partial charge in [0.15, 0.2) is 0 Å². The van der Waals surface area contributed by atoms with Gasteiger partial charge in [-0.15, -0.1) is 0 Å². The van der Waals surface area contributed by atoms with Crippen LogP contribution in [0.3, 0.4) is 0 Å². The van der Waals surface area contributed by atoms with Crippen LogP contribution in [0.5, 0.6) is 0 Å². The van der Waals surface area contributed by atoms with E-state index < -0.39 is 12.0 Å². The van der Waals surface area contributed by atoms with Crippen molar-refractivity contribution in [2.24, 2.45) is 0 Å². The van der Waals surface area contributed by atoms with Gasteiger partial charge in [-0.25, -0.2) is 0 Å². The molecule has 0 aromatic heterocycles. The third kappa shape index (κ3) is 2.68. The average Bonchev–Trinajstić information content (AvgIpc) is 2.33. The summed E-state index contributed by atoms with van der Waals surface area (Å²) in [6.07, 6.45) is 2.41. The molecule has 1 aliphatic rings. The highest BCUT2D eigenvalue weighted by Gasteiger charge is 2.42. The SMILES string of the molecule is Cc1ccc(Br)cc1C(F)(F)C1CCCCN1. The van der Waals surface area contributed by atoms with E-state index in [4.69, 9.17) is 0 Å². The Kier molecular flexibility index (Phi) is 3.83. The van der Waals surface area contributed by atoms with E-state index in [2.05, 4.69) is 21.2 Å². The van der Waals surface area contributed by atoms with E-state index in [1.165, 1.54) is 6.07 Å². The molecule has 4 heteroatoms. The molecule has 1 heterocycles. The Bertz CT molecular complexity index is 400. The number of halogens is 3. The van der Waals surface area contributed by atoms with Gasteiger partial charge in [-0.1, -0.05) is 28.4 Å². The molecular formula is C13H16BrF2N. The molecule has 0 saturated carbocycles. The normalized spacial score (nSPS) is 21.5. The van der Waals surface area contributed by atoms with Crippen molar-refractivity contribution in [2.75, 3.05) is 6.54 Å². The van der Waals surface area contributed by atoms with Gasteiger partial charge in [0.25, 0.3) is 5.92 Å². The van der Waals surface area contributed by atoms with E-state index in [1.54, 1.807) is 19.1 Å². The standard InChI is InChI=1S/C13H16BrF2N/c1-9-5-6-10(14)8-11(9)13(15,16)12-4-2-3-7-17-12/h5-6,8,12,17H,2-4,7H2,1H3. The highest BCUT2D eigenvalue weighted by Crippen LogP contribution is 2.38. The Morgan fingerprint density at radius 2 is 2.12 bits per heavy atom. The Morgan fingerprint density at radius 3 is 2.76 bits per heavy atom. The summed E-state index contributed by atoms with van der Waals surface area (Å²) in [5.74, 6) is -2.80. The van der Waals surface area contributed by atoms with E-state index in [0.29, 0.717) is 23.0 Å². The predicted molar refractivity (Wildman–Crippen MR) is 68.4 cm³/mol. The maximum absolute atomic E-state index is 14.4. The highest BCUT2D eigenvalue weighted by atomic mass is 79.9. The molecule has 1 fully saturated rings. The van der Waals surface area contributed by atoms with Crippen molar-refractivity contribution in [3.05, 3.63) is 33.8 Å². The molecule has 0 spiro atoms. The molecule has 1 aliphatic heterocycles. The van der Waals surface area contributed by atoms with Gasteiger partial charge in [-0.2, -0.15) is 8.78 Å². The van der Waals surface area contributed by atoms with Crippen molar-refractivity contribution in [1.82, 2.24) is 5.32 Å². The lowest BCUT2D eigenvalue weighted by atomic mass is 9.91. The second kappa shape index (κ2) is 5.02. The number of benzene rings is 1. The summed E-state index contributed by atoms with van der Waals surface area (Å²) in [5.41, 5.74) is 0.775. The number of rotatable bonds is 2. The zero-order valence-corrected chi connectivity index (χ0v) is 11.4. The van der Waals surface area contributed by atoms with Crippen molar-refractivity contribution < 1.29 is 8.78 Å². The lowest BCUT2D eigenvalue weighted by molar-refractivity contribution is -0.0517. The minimum absolute atomic E-state index is 0.131. The maximum Gasteiger partial charge on any atom is 0.288 e. The van der Waals surface area contributed by atoms with Crippen LogP contribution in [0, 0.1) is 6.92 Å². The summed E-state index contributed by atoms with van der Waals surface area (Å²) in [6.45, 7) is 2.42.